The summed E-state index contributed by atoms with van der Waals surface area (Å²) in [6.07, 6.45) is 4.99. The number of hydrogen-bond acceptors (Lipinski definition) is 3. The first kappa shape index (κ1) is 14.8. The lowest BCUT2D eigenvalue weighted by Crippen LogP contribution is -2.25. The van der Waals surface area contributed by atoms with E-state index in [0.29, 0.717) is 19.4 Å². The zero-order valence-corrected chi connectivity index (χ0v) is 10.0. The molecule has 0 rings (SSSR count). The highest BCUT2D eigenvalue weighted by atomic mass is 16.3. The first-order valence-corrected chi connectivity index (χ1v) is 5.61. The van der Waals surface area contributed by atoms with E-state index in [4.69, 9.17) is 0 Å². The van der Waals surface area contributed by atoms with E-state index in [-0.39, 0.29) is 18.1 Å². The highest BCUT2D eigenvalue weighted by Gasteiger charge is 2.09. The molecule has 1 amide bonds. The molecule has 0 radical (unpaired) electrons. The third-order valence-corrected chi connectivity index (χ3v) is 2.14. The average molecular weight is 227 g/mol. The van der Waals surface area contributed by atoms with Crippen LogP contribution < -0.4 is 5.32 Å². The van der Waals surface area contributed by atoms with Crippen molar-refractivity contribution in [2.45, 2.75) is 45.6 Å². The maximum Gasteiger partial charge on any atom is 0.216 e. The van der Waals surface area contributed by atoms with Crippen LogP contribution in [0.3, 0.4) is 0 Å². The smallest absolute Gasteiger partial charge is 0.216 e. The number of hydrogen-bond donors (Lipinski definition) is 2. The molecule has 0 saturated heterocycles. The summed E-state index contributed by atoms with van der Waals surface area (Å²) in [5.74, 6) is -0.0555. The number of allylic oxidation sites excluding steroid dienone is 2. The molecule has 0 fully saturated rings. The first-order valence-electron chi connectivity index (χ1n) is 5.61. The molecule has 0 aromatic rings. The van der Waals surface area contributed by atoms with Gasteiger partial charge in [-0.1, -0.05) is 12.2 Å². The fourth-order valence-corrected chi connectivity index (χ4v) is 1.29. The lowest BCUT2D eigenvalue weighted by Gasteiger charge is -2.09. The molecule has 0 heterocycles. The summed E-state index contributed by atoms with van der Waals surface area (Å²) in [6, 6.07) is 0. The molecule has 2 N–H and O–H groups in total. The number of rotatable bonds is 8. The van der Waals surface area contributed by atoms with Gasteiger partial charge in [0, 0.05) is 26.3 Å². The van der Waals surface area contributed by atoms with E-state index in [0.717, 1.165) is 6.42 Å². The number of nitrogens with one attached hydrogen (secondary N) is 1. The monoisotopic (exact) mass is 227 g/mol. The Morgan fingerprint density at radius 3 is 2.69 bits per heavy atom. The van der Waals surface area contributed by atoms with Gasteiger partial charge in [-0.3, -0.25) is 9.59 Å². The van der Waals surface area contributed by atoms with Crippen LogP contribution >= 0.6 is 0 Å². The van der Waals surface area contributed by atoms with Crippen molar-refractivity contribution >= 4 is 11.7 Å². The largest absolute Gasteiger partial charge is 0.393 e. The second-order valence-electron chi connectivity index (χ2n) is 3.78. The van der Waals surface area contributed by atoms with Crippen molar-refractivity contribution in [3.63, 3.8) is 0 Å². The third-order valence-electron chi connectivity index (χ3n) is 2.14. The molecule has 4 heteroatoms. The van der Waals surface area contributed by atoms with Crippen molar-refractivity contribution in [2.75, 3.05) is 6.54 Å². The number of Topliss-reactive ketones (excluding diaryl/α,β-unsaturated/α-hetero) is 1. The molecule has 0 aromatic heterocycles. The molecular formula is C12H21NO3. The van der Waals surface area contributed by atoms with Crippen molar-refractivity contribution in [2.24, 2.45) is 0 Å². The second-order valence-corrected chi connectivity index (χ2v) is 3.78. The van der Waals surface area contributed by atoms with Gasteiger partial charge in [0.15, 0.2) is 0 Å². The fraction of sp³-hybridized carbons (Fsp3) is 0.667. The zero-order chi connectivity index (χ0) is 12.4. The molecule has 0 bridgehead atoms. The molecular weight excluding hydrogens is 206 g/mol. The minimum atomic E-state index is -0.648. The van der Waals surface area contributed by atoms with Crippen LogP contribution in [0.4, 0.5) is 0 Å². The summed E-state index contributed by atoms with van der Waals surface area (Å²) in [4.78, 5) is 21.9. The maximum atomic E-state index is 11.3. The minimum absolute atomic E-state index is 0.0634. The Hall–Kier alpha value is -1.16. The van der Waals surface area contributed by atoms with Gasteiger partial charge in [0.25, 0.3) is 0 Å². The molecule has 0 unspecified atom stereocenters. The van der Waals surface area contributed by atoms with Crippen LogP contribution in [0.25, 0.3) is 0 Å². The third kappa shape index (κ3) is 9.40. The zero-order valence-electron chi connectivity index (χ0n) is 10.0. The van der Waals surface area contributed by atoms with Gasteiger partial charge in [-0.05, 0) is 19.8 Å². The van der Waals surface area contributed by atoms with Gasteiger partial charge in [-0.2, -0.15) is 0 Å². The van der Waals surface area contributed by atoms with E-state index < -0.39 is 6.10 Å². The van der Waals surface area contributed by atoms with Crippen molar-refractivity contribution in [3.05, 3.63) is 12.2 Å². The highest BCUT2D eigenvalue weighted by Crippen LogP contribution is 2.03. The Morgan fingerprint density at radius 1 is 1.44 bits per heavy atom. The van der Waals surface area contributed by atoms with Crippen LogP contribution in [0.2, 0.25) is 0 Å². The molecule has 92 valence electrons. The van der Waals surface area contributed by atoms with Gasteiger partial charge in [0.05, 0.1) is 6.10 Å². The van der Waals surface area contributed by atoms with Crippen molar-refractivity contribution < 1.29 is 14.7 Å². The van der Waals surface area contributed by atoms with Gasteiger partial charge in [0.2, 0.25) is 5.91 Å². The highest BCUT2D eigenvalue weighted by molar-refractivity contribution is 5.79. The molecule has 0 aliphatic rings. The second kappa shape index (κ2) is 9.09. The van der Waals surface area contributed by atoms with Crippen LogP contribution in [0.1, 0.15) is 39.5 Å². The standard InChI is InChI=1S/C12H21NO3/c1-3-4-5-6-11(15)9-12(16)7-8-13-10(2)14/h3-4,12,16H,5-9H2,1-2H3,(H,13,14)/b4-3+/t12-/m0/s1. The van der Waals surface area contributed by atoms with Gasteiger partial charge < -0.3 is 10.4 Å². The van der Waals surface area contributed by atoms with E-state index >= 15 is 0 Å². The predicted molar refractivity (Wildman–Crippen MR) is 63.0 cm³/mol. The van der Waals surface area contributed by atoms with Crippen LogP contribution in [0.5, 0.6) is 0 Å². The molecule has 4 nitrogen and oxygen atoms in total. The molecule has 0 spiro atoms. The Kier molecular flexibility index (Phi) is 8.43. The number of aliphatic hydroxyl groups is 1. The summed E-state index contributed by atoms with van der Waals surface area (Å²) < 4.78 is 0. The summed E-state index contributed by atoms with van der Waals surface area (Å²) in [7, 11) is 0. The molecule has 0 aliphatic carbocycles. The Balaban J connectivity index is 3.57. The molecule has 16 heavy (non-hydrogen) atoms. The SMILES string of the molecule is C/C=C/CCC(=O)C[C@@H](O)CCNC(C)=O. The average Bonchev–Trinajstić information content (AvgIpc) is 2.17. The quantitative estimate of drug-likeness (QED) is 0.612. The van der Waals surface area contributed by atoms with Crippen molar-refractivity contribution in [1.82, 2.24) is 5.32 Å². The molecule has 1 atom stereocenters. The lowest BCUT2D eigenvalue weighted by atomic mass is 10.1. The maximum absolute atomic E-state index is 11.3. The Bertz CT molecular complexity index is 249. The number of ketones is 1. The number of amides is 1. The summed E-state index contributed by atoms with van der Waals surface area (Å²) >= 11 is 0. The Labute approximate surface area is 96.7 Å². The van der Waals surface area contributed by atoms with E-state index in [1.165, 1.54) is 6.92 Å². The molecule has 0 aromatic carbocycles. The van der Waals surface area contributed by atoms with Crippen LogP contribution in [0, 0.1) is 0 Å². The van der Waals surface area contributed by atoms with E-state index in [9.17, 15) is 14.7 Å². The fourth-order valence-electron chi connectivity index (χ4n) is 1.29. The number of carbonyl (C=O) groups excluding carboxylic acids is 2. The van der Waals surface area contributed by atoms with E-state index in [1.807, 2.05) is 19.1 Å². The Morgan fingerprint density at radius 2 is 2.12 bits per heavy atom. The van der Waals surface area contributed by atoms with Crippen molar-refractivity contribution in [1.29, 1.82) is 0 Å². The van der Waals surface area contributed by atoms with Crippen LogP contribution in [-0.4, -0.2) is 29.4 Å². The van der Waals surface area contributed by atoms with E-state index in [1.54, 1.807) is 0 Å². The van der Waals surface area contributed by atoms with Gasteiger partial charge in [-0.15, -0.1) is 0 Å². The summed E-state index contributed by atoms with van der Waals surface area (Å²) in [5.41, 5.74) is 0. The lowest BCUT2D eigenvalue weighted by molar-refractivity contribution is -0.120. The van der Waals surface area contributed by atoms with Gasteiger partial charge >= 0.3 is 0 Å². The predicted octanol–water partition coefficient (Wildman–Crippen LogP) is 1.19. The molecule has 0 aliphatic heterocycles. The number of carbonyl (C=O) groups is 2. The summed E-state index contributed by atoms with van der Waals surface area (Å²) in [5, 5.41) is 12.1. The normalized spacial score (nSPS) is 12.7. The topological polar surface area (TPSA) is 66.4 Å². The first-order chi connectivity index (χ1) is 7.56. The van der Waals surface area contributed by atoms with Crippen LogP contribution in [0.15, 0.2) is 12.2 Å². The van der Waals surface area contributed by atoms with Gasteiger partial charge in [0.1, 0.15) is 5.78 Å². The summed E-state index contributed by atoms with van der Waals surface area (Å²) in [6.45, 7) is 3.75. The van der Waals surface area contributed by atoms with Crippen LogP contribution in [-0.2, 0) is 9.59 Å². The molecule has 0 saturated carbocycles. The van der Waals surface area contributed by atoms with Gasteiger partial charge in [-0.25, -0.2) is 0 Å². The van der Waals surface area contributed by atoms with E-state index in [2.05, 4.69) is 5.32 Å². The number of aliphatic hydroxyl groups excluding tert-OH is 1. The van der Waals surface area contributed by atoms with Crippen molar-refractivity contribution in [3.8, 4) is 0 Å². The minimum Gasteiger partial charge on any atom is -0.393 e.